The van der Waals surface area contributed by atoms with Crippen molar-refractivity contribution in [1.29, 1.82) is 0 Å². The van der Waals surface area contributed by atoms with Gasteiger partial charge in [0, 0.05) is 56.0 Å². The van der Waals surface area contributed by atoms with Gasteiger partial charge in [-0.3, -0.25) is 14.4 Å². The zero-order valence-corrected chi connectivity index (χ0v) is 27.8. The molecule has 1 aliphatic heterocycles. The van der Waals surface area contributed by atoms with Crippen molar-refractivity contribution in [3.8, 4) is 0 Å². The number of ether oxygens (including phenoxy) is 3. The van der Waals surface area contributed by atoms with E-state index in [0.717, 1.165) is 19.3 Å². The number of methoxy groups -OCH3 is 3. The van der Waals surface area contributed by atoms with Gasteiger partial charge in [0.1, 0.15) is 6.04 Å². The minimum atomic E-state index is -0.593. The fourth-order valence-electron chi connectivity index (χ4n) is 5.93. The van der Waals surface area contributed by atoms with Crippen LogP contribution in [0.15, 0.2) is 4.99 Å². The lowest BCUT2D eigenvalue weighted by molar-refractivity contribution is -0.154. The van der Waals surface area contributed by atoms with Crippen molar-refractivity contribution in [3.63, 3.8) is 0 Å². The van der Waals surface area contributed by atoms with Crippen molar-refractivity contribution in [2.24, 2.45) is 22.7 Å². The molecule has 0 aromatic heterocycles. The van der Waals surface area contributed by atoms with Gasteiger partial charge in [-0.05, 0) is 31.6 Å². The third-order valence-electron chi connectivity index (χ3n) is 8.36. The molecule has 0 N–H and O–H groups in total. The molecule has 1 aliphatic rings. The number of carbonyl (C=O) groups excluding carboxylic acids is 3. The van der Waals surface area contributed by atoms with Crippen LogP contribution in [0.3, 0.4) is 0 Å². The molecule has 0 spiro atoms. The smallest absolute Gasteiger partial charge is 0.311 e. The molecule has 0 aromatic rings. The Morgan fingerprint density at radius 1 is 0.951 bits per heavy atom. The molecular weight excluding hydrogens is 526 g/mol. The molecule has 11 nitrogen and oxygen atoms in total. The van der Waals surface area contributed by atoms with Crippen LogP contribution < -0.4 is 0 Å². The third-order valence-corrected chi connectivity index (χ3v) is 8.36. The van der Waals surface area contributed by atoms with Crippen LogP contribution in [-0.2, 0) is 28.6 Å². The lowest BCUT2D eigenvalue weighted by Gasteiger charge is -2.40. The molecule has 238 valence electrons. The van der Waals surface area contributed by atoms with E-state index in [4.69, 9.17) is 19.2 Å². The lowest BCUT2D eigenvalue weighted by Crippen LogP contribution is -2.55. The van der Waals surface area contributed by atoms with Crippen LogP contribution in [-0.4, -0.2) is 137 Å². The summed E-state index contributed by atoms with van der Waals surface area (Å²) in [6.07, 6.45) is 1.48. The lowest BCUT2D eigenvalue weighted by atomic mass is 9.89. The molecule has 11 heteroatoms. The minimum absolute atomic E-state index is 0.0341. The molecule has 0 aliphatic carbocycles. The van der Waals surface area contributed by atoms with Gasteiger partial charge in [-0.2, -0.15) is 0 Å². The van der Waals surface area contributed by atoms with Crippen LogP contribution in [0.2, 0.25) is 0 Å². The monoisotopic (exact) mass is 583 g/mol. The third kappa shape index (κ3) is 9.30. The quantitative estimate of drug-likeness (QED) is 0.175. The van der Waals surface area contributed by atoms with Gasteiger partial charge in [0.2, 0.25) is 11.8 Å². The van der Waals surface area contributed by atoms with E-state index in [2.05, 4.69) is 13.8 Å². The van der Waals surface area contributed by atoms with Crippen molar-refractivity contribution in [3.05, 3.63) is 0 Å². The number of likely N-dealkylation sites (tertiary alicyclic amines) is 1. The Hall–Kier alpha value is -2.40. The maximum absolute atomic E-state index is 14.0. The van der Waals surface area contributed by atoms with Crippen molar-refractivity contribution in [2.75, 3.05) is 63.1 Å². The summed E-state index contributed by atoms with van der Waals surface area (Å²) in [6.45, 7) is 10.5. The zero-order chi connectivity index (χ0) is 31.6. The molecule has 0 saturated carbocycles. The topological polar surface area (TPSA) is 104 Å². The summed E-state index contributed by atoms with van der Waals surface area (Å²) in [5.74, 6) is -0.315. The van der Waals surface area contributed by atoms with E-state index < -0.39 is 24.2 Å². The molecule has 0 bridgehead atoms. The number of nitrogens with zero attached hydrogens (tertiary/aromatic N) is 5. The number of hydrogen-bond donors (Lipinski definition) is 0. The molecule has 41 heavy (non-hydrogen) atoms. The van der Waals surface area contributed by atoms with E-state index in [0.29, 0.717) is 12.5 Å². The SMILES string of the molecule is CC[C@H](C)[C@@H]([C@@H](CC(=O)N1CCCC1[C@H](OC)[C@@H](C)C(=O)OC)OC)N(C)C(=O)C(N=C(N(C)C)N(C)C)C(C)C. The highest BCUT2D eigenvalue weighted by Gasteiger charge is 2.42. The molecule has 0 aromatic carbocycles. The highest BCUT2D eigenvalue weighted by Crippen LogP contribution is 2.30. The highest BCUT2D eigenvalue weighted by molar-refractivity contribution is 5.87. The van der Waals surface area contributed by atoms with Crippen molar-refractivity contribution < 1.29 is 28.6 Å². The predicted molar refractivity (Wildman–Crippen MR) is 162 cm³/mol. The summed E-state index contributed by atoms with van der Waals surface area (Å²) < 4.78 is 16.6. The standard InChI is InChI=1S/C30H57N5O6/c1-14-20(4)26(34(10)28(37)25(19(2)3)31-30(32(6)7)33(8)9)23(39-11)18-24(36)35-17-15-16-22(35)27(40-12)21(5)29(38)41-13/h19-23,25-27H,14-18H2,1-13H3/t20-,21+,22?,23+,25?,26-,27+/m0/s1. The Balaban J connectivity index is 3.32. The average Bonchev–Trinajstić information content (AvgIpc) is 3.41. The first-order chi connectivity index (χ1) is 19.2. The number of guanidine groups is 1. The first-order valence-corrected chi connectivity index (χ1v) is 14.8. The van der Waals surface area contributed by atoms with Crippen LogP contribution in [0.5, 0.6) is 0 Å². The zero-order valence-electron chi connectivity index (χ0n) is 27.8. The summed E-state index contributed by atoms with van der Waals surface area (Å²) in [6, 6.07) is -1.17. The van der Waals surface area contributed by atoms with Crippen LogP contribution in [0, 0.1) is 17.8 Å². The van der Waals surface area contributed by atoms with Gasteiger partial charge in [0.25, 0.3) is 0 Å². The maximum atomic E-state index is 14.0. The van der Waals surface area contributed by atoms with Crippen LogP contribution in [0.25, 0.3) is 0 Å². The Kier molecular flexibility index (Phi) is 15.1. The second-order valence-electron chi connectivity index (χ2n) is 12.0. The fourth-order valence-corrected chi connectivity index (χ4v) is 5.93. The van der Waals surface area contributed by atoms with Gasteiger partial charge >= 0.3 is 5.97 Å². The summed E-state index contributed by atoms with van der Waals surface area (Å²) in [5, 5.41) is 0. The van der Waals surface area contributed by atoms with Gasteiger partial charge in [-0.1, -0.05) is 34.1 Å². The van der Waals surface area contributed by atoms with E-state index in [9.17, 15) is 14.4 Å². The normalized spacial score (nSPS) is 19.6. The maximum Gasteiger partial charge on any atom is 0.311 e. The Bertz CT molecular complexity index is 869. The molecule has 1 rings (SSSR count). The first-order valence-electron chi connectivity index (χ1n) is 14.8. The van der Waals surface area contributed by atoms with E-state index in [1.54, 1.807) is 33.1 Å². The van der Waals surface area contributed by atoms with Crippen LogP contribution >= 0.6 is 0 Å². The van der Waals surface area contributed by atoms with E-state index in [1.165, 1.54) is 7.11 Å². The fraction of sp³-hybridized carbons (Fsp3) is 0.867. The van der Waals surface area contributed by atoms with Gasteiger partial charge in [0.15, 0.2) is 5.96 Å². The average molecular weight is 584 g/mol. The molecule has 0 radical (unpaired) electrons. The molecule has 1 saturated heterocycles. The van der Waals surface area contributed by atoms with Gasteiger partial charge in [-0.25, -0.2) is 4.99 Å². The van der Waals surface area contributed by atoms with Crippen molar-refractivity contribution in [2.45, 2.75) is 90.6 Å². The van der Waals surface area contributed by atoms with E-state index in [-0.39, 0.29) is 48.1 Å². The number of amides is 2. The van der Waals surface area contributed by atoms with Gasteiger partial charge in [0.05, 0.1) is 43.7 Å². The highest BCUT2D eigenvalue weighted by atomic mass is 16.5. The van der Waals surface area contributed by atoms with E-state index in [1.807, 2.05) is 56.7 Å². The number of likely N-dealkylation sites (N-methyl/N-ethyl adjacent to an activating group) is 1. The van der Waals surface area contributed by atoms with Crippen LogP contribution in [0.1, 0.15) is 60.3 Å². The molecule has 2 amide bonds. The summed E-state index contributed by atoms with van der Waals surface area (Å²) in [7, 11) is 13.9. The summed E-state index contributed by atoms with van der Waals surface area (Å²) in [5.41, 5.74) is 0. The second-order valence-corrected chi connectivity index (χ2v) is 12.0. The number of carbonyl (C=O) groups is 3. The Morgan fingerprint density at radius 3 is 1.98 bits per heavy atom. The van der Waals surface area contributed by atoms with Crippen molar-refractivity contribution >= 4 is 23.7 Å². The second kappa shape index (κ2) is 16.9. The molecule has 1 heterocycles. The minimum Gasteiger partial charge on any atom is -0.469 e. The van der Waals surface area contributed by atoms with Crippen molar-refractivity contribution in [1.82, 2.24) is 19.6 Å². The molecule has 1 fully saturated rings. The Labute approximate surface area is 248 Å². The first kappa shape index (κ1) is 36.6. The number of esters is 1. The van der Waals surface area contributed by atoms with Gasteiger partial charge < -0.3 is 33.8 Å². The van der Waals surface area contributed by atoms with Gasteiger partial charge in [-0.15, -0.1) is 0 Å². The summed E-state index contributed by atoms with van der Waals surface area (Å²) in [4.78, 5) is 52.3. The molecule has 2 unspecified atom stereocenters. The number of aliphatic imine (C=N–C) groups is 1. The molecular formula is C30H57N5O6. The predicted octanol–water partition coefficient (Wildman–Crippen LogP) is 2.58. The number of hydrogen-bond acceptors (Lipinski definition) is 7. The van der Waals surface area contributed by atoms with E-state index >= 15 is 0 Å². The Morgan fingerprint density at radius 2 is 1.54 bits per heavy atom. The van der Waals surface area contributed by atoms with Crippen LogP contribution in [0.4, 0.5) is 0 Å². The molecule has 7 atom stereocenters. The summed E-state index contributed by atoms with van der Waals surface area (Å²) >= 11 is 0. The largest absolute Gasteiger partial charge is 0.469 e. The number of rotatable bonds is 14.